The van der Waals surface area contributed by atoms with Gasteiger partial charge in [0.1, 0.15) is 36.2 Å². The van der Waals surface area contributed by atoms with Gasteiger partial charge in [-0.3, -0.25) is 14.0 Å². The number of hydrogen-bond donors (Lipinski definition) is 6. The Labute approximate surface area is 162 Å². The van der Waals surface area contributed by atoms with E-state index in [1.807, 2.05) is 0 Å². The number of rotatable bonds is 7. The first-order chi connectivity index (χ1) is 13.6. The number of aliphatic hydroxyl groups excluding tert-OH is 3. The zero-order valence-electron chi connectivity index (χ0n) is 14.7. The van der Waals surface area contributed by atoms with Crippen molar-refractivity contribution in [3.8, 4) is 0 Å². The van der Waals surface area contributed by atoms with Crippen LogP contribution in [0.1, 0.15) is 6.23 Å². The van der Waals surface area contributed by atoms with Crippen molar-refractivity contribution in [3.63, 3.8) is 0 Å². The molecule has 0 aliphatic carbocycles. The second-order valence-corrected chi connectivity index (χ2v) is 7.47. The van der Waals surface area contributed by atoms with Crippen molar-refractivity contribution in [1.29, 1.82) is 0 Å². The number of fused-ring (bicyclic) bond motifs is 1. The second-order valence-electron chi connectivity index (χ2n) is 6.09. The van der Waals surface area contributed by atoms with Crippen molar-refractivity contribution in [3.05, 3.63) is 12.7 Å². The second kappa shape index (κ2) is 8.25. The first kappa shape index (κ1) is 21.5. The maximum Gasteiger partial charge on any atom is 0.529 e. The Hall–Kier alpha value is -2.23. The van der Waals surface area contributed by atoms with Gasteiger partial charge < -0.3 is 36.0 Å². The Morgan fingerprint density at radius 2 is 2.07 bits per heavy atom. The number of hydrogen-bond acceptors (Lipinski definition) is 13. The van der Waals surface area contributed by atoms with Crippen LogP contribution in [0.3, 0.4) is 0 Å². The van der Waals surface area contributed by atoms with Crippen LogP contribution >= 0.6 is 7.82 Å². The van der Waals surface area contributed by atoms with Gasteiger partial charge in [-0.1, -0.05) is 0 Å². The van der Waals surface area contributed by atoms with Crippen molar-refractivity contribution in [2.24, 2.45) is 5.73 Å². The summed E-state index contributed by atoms with van der Waals surface area (Å²) in [6.45, 7) is -1.52. The minimum Gasteiger partial charge on any atom is -0.394 e. The molecule has 1 aliphatic rings. The molecule has 6 atom stereocenters. The van der Waals surface area contributed by atoms with Crippen molar-refractivity contribution in [2.45, 2.75) is 30.6 Å². The molecule has 160 valence electrons. The number of phosphoric ester groups is 1. The fraction of sp³-hybridized carbons (Fsp3) is 0.538. The van der Waals surface area contributed by atoms with E-state index in [0.717, 1.165) is 0 Å². The van der Waals surface area contributed by atoms with Gasteiger partial charge in [-0.25, -0.2) is 24.3 Å². The third kappa shape index (κ3) is 4.36. The molecule has 3 heterocycles. The number of phosphoric acid groups is 1. The zero-order chi connectivity index (χ0) is 21.3. The lowest BCUT2D eigenvalue weighted by Crippen LogP contribution is -2.36. The van der Waals surface area contributed by atoms with Crippen molar-refractivity contribution in [2.75, 3.05) is 18.9 Å². The molecular formula is C13H19N6O9P. The number of ether oxygens (including phenoxy) is 1. The van der Waals surface area contributed by atoms with Gasteiger partial charge in [0.15, 0.2) is 17.7 Å². The normalized spacial score (nSPS) is 27.6. The predicted molar refractivity (Wildman–Crippen MR) is 92.6 cm³/mol. The maximum absolute atomic E-state index is 11.8. The Kier molecular flexibility index (Phi) is 6.11. The van der Waals surface area contributed by atoms with Gasteiger partial charge >= 0.3 is 13.8 Å². The summed E-state index contributed by atoms with van der Waals surface area (Å²) in [6.07, 6.45) is -2.97. The molecule has 1 aliphatic heterocycles. The lowest BCUT2D eigenvalue weighted by atomic mass is 10.1. The molecule has 2 aromatic heterocycles. The van der Waals surface area contributed by atoms with Crippen LogP contribution < -0.4 is 11.5 Å². The third-order valence-electron chi connectivity index (χ3n) is 4.11. The van der Waals surface area contributed by atoms with Crippen LogP contribution in [0.15, 0.2) is 12.7 Å². The summed E-state index contributed by atoms with van der Waals surface area (Å²) >= 11 is 0. The minimum atomic E-state index is -4.91. The van der Waals surface area contributed by atoms with E-state index in [1.54, 1.807) is 0 Å². The molecule has 8 N–H and O–H groups in total. The van der Waals surface area contributed by atoms with Crippen LogP contribution in [0, 0.1) is 0 Å². The topological polar surface area (TPSA) is 238 Å². The van der Waals surface area contributed by atoms with E-state index < -0.39 is 57.6 Å². The number of aliphatic hydroxyl groups is 3. The highest BCUT2D eigenvalue weighted by molar-refractivity contribution is 7.48. The van der Waals surface area contributed by atoms with E-state index in [-0.39, 0.29) is 17.0 Å². The van der Waals surface area contributed by atoms with Crippen LogP contribution in [-0.2, 0) is 23.1 Å². The van der Waals surface area contributed by atoms with Crippen molar-refractivity contribution < 1.29 is 43.4 Å². The largest absolute Gasteiger partial charge is 0.529 e. The molecule has 0 aromatic carbocycles. The van der Waals surface area contributed by atoms with E-state index in [4.69, 9.17) is 21.3 Å². The molecule has 15 nitrogen and oxygen atoms in total. The average Bonchev–Trinajstić information content (AvgIpc) is 3.22. The smallest absolute Gasteiger partial charge is 0.394 e. The number of nitrogens with two attached hydrogens (primary N) is 2. The van der Waals surface area contributed by atoms with E-state index >= 15 is 0 Å². The molecule has 1 unspecified atom stereocenters. The molecule has 29 heavy (non-hydrogen) atoms. The monoisotopic (exact) mass is 434 g/mol. The fourth-order valence-corrected chi connectivity index (χ4v) is 3.35. The molecule has 16 heteroatoms. The number of nitrogens with zero attached hydrogens (tertiary/aromatic N) is 4. The molecule has 1 fully saturated rings. The molecule has 0 bridgehead atoms. The quantitative estimate of drug-likeness (QED) is 0.238. The van der Waals surface area contributed by atoms with Gasteiger partial charge in [-0.05, 0) is 0 Å². The van der Waals surface area contributed by atoms with E-state index in [2.05, 4.69) is 24.0 Å². The van der Waals surface area contributed by atoms with Gasteiger partial charge in [0.2, 0.25) is 0 Å². The highest BCUT2D eigenvalue weighted by Gasteiger charge is 2.45. The summed E-state index contributed by atoms with van der Waals surface area (Å²) in [5.41, 5.74) is 11.4. The Morgan fingerprint density at radius 3 is 2.76 bits per heavy atom. The highest BCUT2D eigenvalue weighted by Crippen LogP contribution is 2.44. The van der Waals surface area contributed by atoms with Crippen LogP contribution in [-0.4, -0.2) is 83.3 Å². The number of nitrogen functional groups attached to an aromatic ring is 1. The lowest BCUT2D eigenvalue weighted by molar-refractivity contribution is -0.138. The minimum absolute atomic E-state index is 0.103. The molecular weight excluding hydrogens is 415 g/mol. The number of imidazole rings is 1. The van der Waals surface area contributed by atoms with Crippen LogP contribution in [0.5, 0.6) is 0 Å². The molecule has 0 spiro atoms. The summed E-state index contributed by atoms with van der Waals surface area (Å²) in [4.78, 5) is 32.8. The summed E-state index contributed by atoms with van der Waals surface area (Å²) in [6, 6.07) is -1.53. The molecule has 0 saturated carbocycles. The van der Waals surface area contributed by atoms with Crippen LogP contribution in [0.2, 0.25) is 0 Å². The lowest BCUT2D eigenvalue weighted by Gasteiger charge is -2.18. The number of carbonyl (C=O) groups is 1. The predicted octanol–water partition coefficient (Wildman–Crippen LogP) is -2.99. The molecule has 1 saturated heterocycles. The number of anilines is 1. The Balaban J connectivity index is 1.69. The van der Waals surface area contributed by atoms with Gasteiger partial charge in [0.05, 0.1) is 19.5 Å². The van der Waals surface area contributed by atoms with E-state index in [1.165, 1.54) is 17.2 Å². The van der Waals surface area contributed by atoms with Crippen LogP contribution in [0.25, 0.3) is 11.2 Å². The molecule has 0 amide bonds. The zero-order valence-corrected chi connectivity index (χ0v) is 15.6. The van der Waals surface area contributed by atoms with Gasteiger partial charge in [-0.15, -0.1) is 0 Å². The summed E-state index contributed by atoms with van der Waals surface area (Å²) in [7, 11) is -4.91. The first-order valence-corrected chi connectivity index (χ1v) is 9.66. The van der Waals surface area contributed by atoms with E-state index in [0.29, 0.717) is 0 Å². The number of carbonyl (C=O) groups excluding carboxylic acids is 1. The maximum atomic E-state index is 11.8. The molecule has 2 aromatic rings. The average molecular weight is 434 g/mol. The Morgan fingerprint density at radius 1 is 1.34 bits per heavy atom. The summed E-state index contributed by atoms with van der Waals surface area (Å²) in [5, 5.41) is 29.2. The highest BCUT2D eigenvalue weighted by atomic mass is 31.2. The fourth-order valence-electron chi connectivity index (χ4n) is 2.60. The van der Waals surface area contributed by atoms with Gasteiger partial charge in [0, 0.05) is 0 Å². The van der Waals surface area contributed by atoms with Crippen molar-refractivity contribution in [1.82, 2.24) is 19.5 Å². The van der Waals surface area contributed by atoms with Crippen LogP contribution in [0.4, 0.5) is 5.82 Å². The SMILES string of the molecule is Nc1ncnc2c1ncn2[C@@H]1O[C@H](COP(=O)(O)OC(=O)[C@H](N)CO)[C@@H](O)[C@H]1O. The molecule has 3 rings (SSSR count). The summed E-state index contributed by atoms with van der Waals surface area (Å²) in [5.74, 6) is -1.25. The standard InChI is InChI=1S/C13H19N6O9P/c14-5(1-20)13(23)28-29(24,25)26-2-6-8(21)9(22)12(27-6)19-4-18-7-10(15)16-3-17-11(7)19/h3-6,8-9,12,20-22H,1-2,14H2,(H,24,25)(H2,15,16,17)/t5-,6-,8-,9-,12-/m1/s1. The first-order valence-electron chi connectivity index (χ1n) is 8.16. The third-order valence-corrected chi connectivity index (χ3v) is 4.99. The van der Waals surface area contributed by atoms with Gasteiger partial charge in [-0.2, -0.15) is 0 Å². The van der Waals surface area contributed by atoms with E-state index in [9.17, 15) is 24.5 Å². The van der Waals surface area contributed by atoms with Gasteiger partial charge in [0.25, 0.3) is 0 Å². The Bertz CT molecular complexity index is 941. The number of aromatic nitrogens is 4. The molecule has 0 radical (unpaired) electrons. The summed E-state index contributed by atoms with van der Waals surface area (Å²) < 4.78 is 27.5. The van der Waals surface area contributed by atoms with Crippen molar-refractivity contribution >= 4 is 30.8 Å².